The fourth-order valence-corrected chi connectivity index (χ4v) is 5.44. The monoisotopic (exact) mass is 432 g/mol. The van der Waals surface area contributed by atoms with Gasteiger partial charge in [-0.15, -0.1) is 0 Å². The fourth-order valence-electron chi connectivity index (χ4n) is 3.69. The van der Waals surface area contributed by atoms with Crippen molar-refractivity contribution in [3.8, 4) is 5.75 Å². The van der Waals surface area contributed by atoms with E-state index in [0.29, 0.717) is 25.4 Å². The average Bonchev–Trinajstić information content (AvgIpc) is 3.15. The highest BCUT2D eigenvalue weighted by Crippen LogP contribution is 2.36. The van der Waals surface area contributed by atoms with Gasteiger partial charge in [0.2, 0.25) is 10.0 Å². The van der Waals surface area contributed by atoms with Gasteiger partial charge in [-0.2, -0.15) is 4.31 Å². The van der Waals surface area contributed by atoms with Crippen LogP contribution in [0.1, 0.15) is 37.6 Å². The van der Waals surface area contributed by atoms with E-state index in [1.54, 1.807) is 18.3 Å². The molecule has 2 aliphatic heterocycles. The summed E-state index contributed by atoms with van der Waals surface area (Å²) in [6, 6.07) is 8.54. The smallest absolute Gasteiger partial charge is 0.247 e. The van der Waals surface area contributed by atoms with Gasteiger partial charge in [0.15, 0.2) is 0 Å². The van der Waals surface area contributed by atoms with Crippen molar-refractivity contribution >= 4 is 10.0 Å². The zero-order valence-corrected chi connectivity index (χ0v) is 18.4. The summed E-state index contributed by atoms with van der Waals surface area (Å²) in [5.41, 5.74) is 2.11. The summed E-state index contributed by atoms with van der Waals surface area (Å²) in [5.74, 6) is 0.461. The Hall–Kier alpha value is -2.00. The highest BCUT2D eigenvalue weighted by Gasteiger charge is 2.37. The van der Waals surface area contributed by atoms with Crippen LogP contribution in [0.5, 0.6) is 5.75 Å². The Balaban J connectivity index is 1.76. The molecule has 4 rings (SSSR count). The largest absolute Gasteiger partial charge is 0.492 e. The van der Waals surface area contributed by atoms with Crippen LogP contribution in [-0.4, -0.2) is 49.2 Å². The third-order valence-electron chi connectivity index (χ3n) is 5.24. The maximum Gasteiger partial charge on any atom is 0.247 e. The molecule has 1 atom stereocenters. The maximum atomic E-state index is 13.9. The second kappa shape index (κ2) is 8.26. The highest BCUT2D eigenvalue weighted by atomic mass is 32.2. The van der Waals surface area contributed by atoms with E-state index in [1.165, 1.54) is 4.31 Å². The van der Waals surface area contributed by atoms with E-state index in [-0.39, 0.29) is 24.7 Å². The summed E-state index contributed by atoms with van der Waals surface area (Å²) in [6.07, 6.45) is 2.41. The van der Waals surface area contributed by atoms with E-state index in [4.69, 9.17) is 14.2 Å². The summed E-state index contributed by atoms with van der Waals surface area (Å²) in [5, 5.41) is 0. The second-order valence-corrected chi connectivity index (χ2v) is 10.5. The lowest BCUT2D eigenvalue weighted by Crippen LogP contribution is -2.47. The van der Waals surface area contributed by atoms with Gasteiger partial charge in [-0.05, 0) is 44.0 Å². The summed E-state index contributed by atoms with van der Waals surface area (Å²) in [6.45, 7) is 7.35. The predicted molar refractivity (Wildman–Crippen MR) is 112 cm³/mol. The second-order valence-electron chi connectivity index (χ2n) is 8.59. The SMILES string of the molecule is CC(C)(C)OC[C@@H]1COCc2ncccc2CN1S(=O)(=O)c1cccc2c1OCC2. The van der Waals surface area contributed by atoms with E-state index >= 15 is 0 Å². The third kappa shape index (κ3) is 4.37. The van der Waals surface area contributed by atoms with Crippen molar-refractivity contribution in [2.75, 3.05) is 19.8 Å². The van der Waals surface area contributed by atoms with Crippen LogP contribution in [0.15, 0.2) is 41.4 Å². The number of aromatic nitrogens is 1. The number of nitrogens with zero attached hydrogens (tertiary/aromatic N) is 2. The van der Waals surface area contributed by atoms with Crippen molar-refractivity contribution in [1.82, 2.24) is 9.29 Å². The van der Waals surface area contributed by atoms with Gasteiger partial charge in [0, 0.05) is 19.2 Å². The molecule has 0 bridgehead atoms. The first-order valence-electron chi connectivity index (χ1n) is 10.2. The van der Waals surface area contributed by atoms with Crippen molar-refractivity contribution in [3.05, 3.63) is 53.3 Å². The maximum absolute atomic E-state index is 13.9. The average molecular weight is 433 g/mol. The van der Waals surface area contributed by atoms with Crippen molar-refractivity contribution in [3.63, 3.8) is 0 Å². The van der Waals surface area contributed by atoms with E-state index < -0.39 is 21.7 Å². The van der Waals surface area contributed by atoms with E-state index in [9.17, 15) is 8.42 Å². The Morgan fingerprint density at radius 1 is 1.20 bits per heavy atom. The first kappa shape index (κ1) is 21.2. The molecule has 0 amide bonds. The van der Waals surface area contributed by atoms with E-state index in [1.807, 2.05) is 39.0 Å². The zero-order chi connectivity index (χ0) is 21.4. The molecule has 0 aliphatic carbocycles. The first-order chi connectivity index (χ1) is 14.3. The third-order valence-corrected chi connectivity index (χ3v) is 7.16. The fraction of sp³-hybridized carbons (Fsp3) is 0.500. The molecular weight excluding hydrogens is 404 g/mol. The standard InChI is InChI=1S/C22H28N2O5S/c1-22(2,3)29-14-18-13-27-15-19-17(7-5-10-23-19)12-24(18)30(25,26)20-8-4-6-16-9-11-28-21(16)20/h4-8,10,18H,9,11-15H2,1-3H3/t18-/m0/s1. The molecule has 0 saturated heterocycles. The first-order valence-corrected chi connectivity index (χ1v) is 11.6. The van der Waals surface area contributed by atoms with Crippen molar-refractivity contribution in [1.29, 1.82) is 0 Å². The topological polar surface area (TPSA) is 78.0 Å². The number of rotatable bonds is 4. The van der Waals surface area contributed by atoms with Crippen LogP contribution in [-0.2, 0) is 39.1 Å². The lowest BCUT2D eigenvalue weighted by atomic mass is 10.1. The molecule has 30 heavy (non-hydrogen) atoms. The van der Waals surface area contributed by atoms with Gasteiger partial charge in [-0.1, -0.05) is 18.2 Å². The molecule has 0 spiro atoms. The molecular formula is C22H28N2O5S. The minimum absolute atomic E-state index is 0.198. The number of hydrogen-bond acceptors (Lipinski definition) is 6. The zero-order valence-electron chi connectivity index (χ0n) is 17.6. The predicted octanol–water partition coefficient (Wildman–Crippen LogP) is 2.92. The molecule has 0 radical (unpaired) electrons. The Labute approximate surface area is 178 Å². The van der Waals surface area contributed by atoms with E-state index in [2.05, 4.69) is 4.98 Å². The number of hydrogen-bond donors (Lipinski definition) is 0. The summed E-state index contributed by atoms with van der Waals surface area (Å²) in [7, 11) is -3.87. The number of fused-ring (bicyclic) bond motifs is 2. The molecule has 2 aromatic rings. The normalized spacial score (nSPS) is 20.0. The number of ether oxygens (including phenoxy) is 3. The molecule has 2 aliphatic rings. The van der Waals surface area contributed by atoms with Crippen molar-refractivity contribution in [2.45, 2.75) is 56.9 Å². The van der Waals surface area contributed by atoms with Gasteiger partial charge in [-0.25, -0.2) is 8.42 Å². The van der Waals surface area contributed by atoms with E-state index in [0.717, 1.165) is 16.8 Å². The lowest BCUT2D eigenvalue weighted by molar-refractivity contribution is -0.0462. The molecule has 162 valence electrons. The minimum atomic E-state index is -3.87. The van der Waals surface area contributed by atoms with Crippen LogP contribution in [0.25, 0.3) is 0 Å². The number of benzene rings is 1. The van der Waals surface area contributed by atoms with Crippen LogP contribution in [0.3, 0.4) is 0 Å². The molecule has 0 N–H and O–H groups in total. The molecule has 7 nitrogen and oxygen atoms in total. The number of pyridine rings is 1. The van der Waals surface area contributed by atoms with Gasteiger partial charge in [0.05, 0.1) is 43.8 Å². The highest BCUT2D eigenvalue weighted by molar-refractivity contribution is 7.89. The van der Waals surface area contributed by atoms with Gasteiger partial charge in [-0.3, -0.25) is 4.98 Å². The Kier molecular flexibility index (Phi) is 5.85. The van der Waals surface area contributed by atoms with Crippen molar-refractivity contribution in [2.24, 2.45) is 0 Å². The summed E-state index contributed by atoms with van der Waals surface area (Å²) in [4.78, 5) is 4.57. The van der Waals surface area contributed by atoms with Gasteiger partial charge in [0.1, 0.15) is 10.6 Å². The molecule has 0 unspecified atom stereocenters. The molecule has 3 heterocycles. The van der Waals surface area contributed by atoms with Crippen LogP contribution < -0.4 is 4.74 Å². The quantitative estimate of drug-likeness (QED) is 0.739. The van der Waals surface area contributed by atoms with Crippen LogP contribution >= 0.6 is 0 Å². The minimum Gasteiger partial charge on any atom is -0.492 e. The van der Waals surface area contributed by atoms with Crippen molar-refractivity contribution < 1.29 is 22.6 Å². The Morgan fingerprint density at radius 3 is 2.80 bits per heavy atom. The molecule has 1 aromatic carbocycles. The molecule has 0 fully saturated rings. The van der Waals surface area contributed by atoms with Crippen LogP contribution in [0, 0.1) is 0 Å². The van der Waals surface area contributed by atoms with Crippen LogP contribution in [0.2, 0.25) is 0 Å². The summed E-state index contributed by atoms with van der Waals surface area (Å²) < 4.78 is 46.8. The van der Waals surface area contributed by atoms with Crippen LogP contribution in [0.4, 0.5) is 0 Å². The van der Waals surface area contributed by atoms with Gasteiger partial charge >= 0.3 is 0 Å². The lowest BCUT2D eigenvalue weighted by Gasteiger charge is -2.34. The van der Waals surface area contributed by atoms with Gasteiger partial charge < -0.3 is 14.2 Å². The number of sulfonamides is 1. The molecule has 0 saturated carbocycles. The number of para-hydroxylation sites is 1. The summed E-state index contributed by atoms with van der Waals surface area (Å²) >= 11 is 0. The Bertz CT molecular complexity index is 1020. The molecule has 1 aromatic heterocycles. The molecule has 8 heteroatoms. The Morgan fingerprint density at radius 2 is 2.00 bits per heavy atom. The van der Waals surface area contributed by atoms with Gasteiger partial charge in [0.25, 0.3) is 0 Å².